The van der Waals surface area contributed by atoms with Crippen LogP contribution in [0.25, 0.3) is 0 Å². The van der Waals surface area contributed by atoms with E-state index >= 15 is 0 Å². The van der Waals surface area contributed by atoms with Crippen LogP contribution < -0.4 is 0 Å². The molecule has 0 aliphatic carbocycles. The summed E-state index contributed by atoms with van der Waals surface area (Å²) in [4.78, 5) is 5.26. The Balaban J connectivity index is 1.27. The summed E-state index contributed by atoms with van der Waals surface area (Å²) in [5.41, 5.74) is 4.06. The molecule has 0 spiro atoms. The maximum atomic E-state index is 10.7. The van der Waals surface area contributed by atoms with E-state index in [1.54, 1.807) is 0 Å². The average Bonchev–Trinajstić information content (AvgIpc) is 2.84. The van der Waals surface area contributed by atoms with Gasteiger partial charge in [0.25, 0.3) is 0 Å². The Morgan fingerprint density at radius 2 is 1.34 bits per heavy atom. The molecule has 166 valence electrons. The Morgan fingerprint density at radius 1 is 0.750 bits per heavy atom. The molecule has 5 rings (SSSR count). The Morgan fingerprint density at radius 3 is 1.97 bits per heavy atom. The fourth-order valence-corrected chi connectivity index (χ4v) is 5.83. The first-order valence-electron chi connectivity index (χ1n) is 12.1. The number of hydrogen-bond acceptors (Lipinski definition) is 3. The maximum absolute atomic E-state index is 10.7. The van der Waals surface area contributed by atoms with Gasteiger partial charge in [-0.2, -0.15) is 0 Å². The van der Waals surface area contributed by atoms with Crippen LogP contribution in [0.5, 0.6) is 0 Å². The van der Waals surface area contributed by atoms with Crippen LogP contribution in [0.15, 0.2) is 91.0 Å². The van der Waals surface area contributed by atoms with E-state index in [0.717, 1.165) is 32.6 Å². The lowest BCUT2D eigenvalue weighted by atomic mass is 9.79. The highest BCUT2D eigenvalue weighted by atomic mass is 16.3. The molecule has 1 unspecified atom stereocenters. The summed E-state index contributed by atoms with van der Waals surface area (Å²) in [5.74, 6) is 0.411. The molecule has 0 amide bonds. The molecular formula is C29H34N2O. The SMILES string of the molecule is O[C@H](Cc1ccccc1)CN1CCN2C[C@@H]1CC[C@H]2C(c1ccccc1)c1ccccc1. The van der Waals surface area contributed by atoms with Crippen molar-refractivity contribution < 1.29 is 5.11 Å². The second kappa shape index (κ2) is 9.99. The fourth-order valence-electron chi connectivity index (χ4n) is 5.83. The van der Waals surface area contributed by atoms with E-state index in [4.69, 9.17) is 0 Å². The number of piperidine rings is 1. The minimum atomic E-state index is -0.303. The molecule has 0 aromatic heterocycles. The molecule has 2 fully saturated rings. The summed E-state index contributed by atoms with van der Waals surface area (Å²) >= 11 is 0. The predicted octanol–water partition coefficient (Wildman–Crippen LogP) is 4.57. The Labute approximate surface area is 192 Å². The third-order valence-corrected chi connectivity index (χ3v) is 7.36. The van der Waals surface area contributed by atoms with Crippen molar-refractivity contribution in [2.75, 3.05) is 26.2 Å². The molecule has 4 atom stereocenters. The van der Waals surface area contributed by atoms with Gasteiger partial charge in [0, 0.05) is 44.2 Å². The summed E-state index contributed by atoms with van der Waals surface area (Å²) in [6.45, 7) is 4.01. The number of piperazine rings is 1. The number of nitrogens with zero attached hydrogens (tertiary/aromatic N) is 2. The van der Waals surface area contributed by atoms with Gasteiger partial charge in [-0.1, -0.05) is 91.0 Å². The zero-order valence-electron chi connectivity index (χ0n) is 18.8. The molecule has 2 bridgehead atoms. The summed E-state index contributed by atoms with van der Waals surface area (Å²) in [6, 6.07) is 33.5. The molecule has 1 N–H and O–H groups in total. The van der Waals surface area contributed by atoms with E-state index in [2.05, 4.69) is 94.7 Å². The topological polar surface area (TPSA) is 26.7 Å². The third-order valence-electron chi connectivity index (χ3n) is 7.36. The monoisotopic (exact) mass is 426 g/mol. The molecule has 2 saturated heterocycles. The molecule has 3 aromatic rings. The smallest absolute Gasteiger partial charge is 0.0707 e. The van der Waals surface area contributed by atoms with Crippen molar-refractivity contribution >= 4 is 0 Å². The quantitative estimate of drug-likeness (QED) is 0.600. The van der Waals surface area contributed by atoms with Gasteiger partial charge in [0.05, 0.1) is 6.10 Å². The summed E-state index contributed by atoms with van der Waals surface area (Å²) in [7, 11) is 0. The van der Waals surface area contributed by atoms with Gasteiger partial charge in [-0.05, 0) is 36.0 Å². The van der Waals surface area contributed by atoms with Crippen LogP contribution in [0.4, 0.5) is 0 Å². The van der Waals surface area contributed by atoms with Crippen LogP contribution in [0.1, 0.15) is 35.4 Å². The number of rotatable bonds is 7. The van der Waals surface area contributed by atoms with Crippen molar-refractivity contribution in [2.45, 2.75) is 43.4 Å². The van der Waals surface area contributed by atoms with Gasteiger partial charge < -0.3 is 5.11 Å². The van der Waals surface area contributed by atoms with Crippen LogP contribution in [-0.2, 0) is 6.42 Å². The normalized spacial score (nSPS) is 24.4. The zero-order chi connectivity index (χ0) is 21.8. The molecule has 2 heterocycles. The van der Waals surface area contributed by atoms with E-state index in [9.17, 15) is 5.11 Å². The van der Waals surface area contributed by atoms with Crippen molar-refractivity contribution in [3.63, 3.8) is 0 Å². The van der Waals surface area contributed by atoms with Crippen LogP contribution >= 0.6 is 0 Å². The van der Waals surface area contributed by atoms with Crippen molar-refractivity contribution in [1.29, 1.82) is 0 Å². The molecular weight excluding hydrogens is 392 g/mol. The first-order chi connectivity index (χ1) is 15.8. The molecule has 2 aliphatic rings. The first-order valence-corrected chi connectivity index (χ1v) is 12.1. The number of fused-ring (bicyclic) bond motifs is 2. The Hall–Kier alpha value is -2.46. The lowest BCUT2D eigenvalue weighted by Gasteiger charge is -2.51. The summed E-state index contributed by atoms with van der Waals surface area (Å²) < 4.78 is 0. The molecule has 0 saturated carbocycles. The molecule has 3 aromatic carbocycles. The van der Waals surface area contributed by atoms with Gasteiger partial charge in [-0.15, -0.1) is 0 Å². The minimum Gasteiger partial charge on any atom is -0.391 e. The number of aliphatic hydroxyl groups excluding tert-OH is 1. The highest BCUT2D eigenvalue weighted by Crippen LogP contribution is 2.38. The van der Waals surface area contributed by atoms with Gasteiger partial charge in [0.15, 0.2) is 0 Å². The third kappa shape index (κ3) is 4.80. The van der Waals surface area contributed by atoms with Crippen molar-refractivity contribution in [1.82, 2.24) is 9.80 Å². The van der Waals surface area contributed by atoms with Crippen molar-refractivity contribution in [2.24, 2.45) is 0 Å². The van der Waals surface area contributed by atoms with E-state index < -0.39 is 0 Å². The number of aliphatic hydroxyl groups is 1. The van der Waals surface area contributed by atoms with Gasteiger partial charge >= 0.3 is 0 Å². The largest absolute Gasteiger partial charge is 0.391 e. The number of benzene rings is 3. The van der Waals surface area contributed by atoms with E-state index in [1.807, 2.05) is 6.07 Å². The zero-order valence-corrected chi connectivity index (χ0v) is 18.8. The molecule has 0 radical (unpaired) electrons. The van der Waals surface area contributed by atoms with E-state index in [0.29, 0.717) is 18.0 Å². The highest BCUT2D eigenvalue weighted by molar-refractivity contribution is 5.34. The number of hydrogen-bond donors (Lipinski definition) is 1. The lowest BCUT2D eigenvalue weighted by Crippen LogP contribution is -2.61. The predicted molar refractivity (Wildman–Crippen MR) is 131 cm³/mol. The molecule has 3 nitrogen and oxygen atoms in total. The Kier molecular flexibility index (Phi) is 6.68. The second-order valence-electron chi connectivity index (χ2n) is 9.43. The molecule has 3 heteroatoms. The standard InChI is InChI=1S/C29H34N2O/c32-27(20-23-10-4-1-5-11-23)22-30-18-19-31-21-26(30)16-17-28(31)29(24-12-6-2-7-13-24)25-14-8-3-9-15-25/h1-15,26-29,32H,16-22H2/t26-,27+,28-/m0/s1. The van der Waals surface area contributed by atoms with Crippen LogP contribution in [-0.4, -0.2) is 59.3 Å². The highest BCUT2D eigenvalue weighted by Gasteiger charge is 2.40. The van der Waals surface area contributed by atoms with Crippen molar-refractivity contribution in [3.8, 4) is 0 Å². The first kappa shape index (κ1) is 21.4. The van der Waals surface area contributed by atoms with Crippen LogP contribution in [0, 0.1) is 0 Å². The van der Waals surface area contributed by atoms with Crippen molar-refractivity contribution in [3.05, 3.63) is 108 Å². The molecule has 2 aliphatic heterocycles. The molecule has 32 heavy (non-hydrogen) atoms. The summed E-state index contributed by atoms with van der Waals surface area (Å²) in [5, 5.41) is 10.7. The van der Waals surface area contributed by atoms with Crippen LogP contribution in [0.3, 0.4) is 0 Å². The minimum absolute atomic E-state index is 0.303. The van der Waals surface area contributed by atoms with Gasteiger partial charge in [0.2, 0.25) is 0 Å². The fraction of sp³-hybridized carbons (Fsp3) is 0.379. The number of β-amino-alcohol motifs (C(OH)–C–C–N with tert-alkyl or cyclic N) is 1. The lowest BCUT2D eigenvalue weighted by molar-refractivity contribution is -0.0189. The summed E-state index contributed by atoms with van der Waals surface area (Å²) in [6.07, 6.45) is 2.84. The average molecular weight is 427 g/mol. The Bertz CT molecular complexity index is 923. The van der Waals surface area contributed by atoms with Crippen LogP contribution in [0.2, 0.25) is 0 Å². The van der Waals surface area contributed by atoms with E-state index in [1.165, 1.54) is 29.5 Å². The van der Waals surface area contributed by atoms with Gasteiger partial charge in [-0.25, -0.2) is 0 Å². The van der Waals surface area contributed by atoms with Gasteiger partial charge in [-0.3, -0.25) is 9.80 Å². The van der Waals surface area contributed by atoms with Gasteiger partial charge in [0.1, 0.15) is 0 Å². The maximum Gasteiger partial charge on any atom is 0.0707 e. The second-order valence-corrected chi connectivity index (χ2v) is 9.43. The van der Waals surface area contributed by atoms with E-state index in [-0.39, 0.29) is 6.10 Å².